The van der Waals surface area contributed by atoms with Crippen LogP contribution in [0.25, 0.3) is 5.57 Å². The van der Waals surface area contributed by atoms with E-state index in [1.54, 1.807) is 6.08 Å². The molecule has 0 aliphatic rings. The van der Waals surface area contributed by atoms with Crippen molar-refractivity contribution in [3.63, 3.8) is 0 Å². The summed E-state index contributed by atoms with van der Waals surface area (Å²) in [5.41, 5.74) is 7.20. The highest BCUT2D eigenvalue weighted by Gasteiger charge is 1.90. The first-order valence-electron chi connectivity index (χ1n) is 4.40. The second kappa shape index (κ2) is 5.02. The molecule has 72 valence electrons. The molecule has 2 nitrogen and oxygen atoms in total. The number of carbonyl (C=O) groups excluding carboxylic acids is 1. The molecule has 0 saturated heterocycles. The van der Waals surface area contributed by atoms with Gasteiger partial charge in [0.1, 0.15) is 0 Å². The number of carbonyl (C=O) groups is 1. The topological polar surface area (TPSA) is 43.1 Å². The van der Waals surface area contributed by atoms with Gasteiger partial charge in [-0.1, -0.05) is 42.5 Å². The molecule has 1 amide bonds. The van der Waals surface area contributed by atoms with Crippen molar-refractivity contribution in [2.75, 3.05) is 0 Å². The minimum Gasteiger partial charge on any atom is -0.366 e. The molecule has 14 heavy (non-hydrogen) atoms. The molecule has 0 fully saturated rings. The number of rotatable bonds is 3. The van der Waals surface area contributed by atoms with E-state index >= 15 is 0 Å². The summed E-state index contributed by atoms with van der Waals surface area (Å²) >= 11 is 0. The predicted octanol–water partition coefficient (Wildman–Crippen LogP) is 2.13. The summed E-state index contributed by atoms with van der Waals surface area (Å²) in [5.74, 6) is -0.429. The standard InChI is InChI=1S/C12H13NO/c1-10(6-5-9-12(13)14)11-7-3-2-4-8-11/h2-9H,1H3,(H2,13,14). The lowest BCUT2D eigenvalue weighted by Crippen LogP contribution is -2.04. The van der Waals surface area contributed by atoms with Crippen molar-refractivity contribution in [3.8, 4) is 0 Å². The first kappa shape index (κ1) is 10.3. The molecule has 2 N–H and O–H groups in total. The fourth-order valence-corrected chi connectivity index (χ4v) is 1.08. The zero-order valence-corrected chi connectivity index (χ0v) is 8.10. The Morgan fingerprint density at radius 1 is 1.29 bits per heavy atom. The van der Waals surface area contributed by atoms with E-state index in [1.165, 1.54) is 6.08 Å². The lowest BCUT2D eigenvalue weighted by Gasteiger charge is -1.97. The van der Waals surface area contributed by atoms with E-state index in [-0.39, 0.29) is 0 Å². The van der Waals surface area contributed by atoms with Gasteiger partial charge in [0.2, 0.25) is 5.91 Å². The van der Waals surface area contributed by atoms with E-state index in [4.69, 9.17) is 5.73 Å². The zero-order chi connectivity index (χ0) is 10.4. The van der Waals surface area contributed by atoms with Gasteiger partial charge in [-0.15, -0.1) is 0 Å². The Hall–Kier alpha value is -1.83. The maximum atomic E-state index is 10.4. The molecule has 0 saturated carbocycles. The van der Waals surface area contributed by atoms with Crippen molar-refractivity contribution < 1.29 is 4.79 Å². The number of benzene rings is 1. The Bertz CT molecular complexity index is 363. The summed E-state index contributed by atoms with van der Waals surface area (Å²) in [4.78, 5) is 10.4. The van der Waals surface area contributed by atoms with Gasteiger partial charge in [0, 0.05) is 6.08 Å². The maximum Gasteiger partial charge on any atom is 0.241 e. The van der Waals surface area contributed by atoms with Crippen LogP contribution in [0.5, 0.6) is 0 Å². The molecule has 0 aliphatic heterocycles. The number of hydrogen-bond donors (Lipinski definition) is 1. The van der Waals surface area contributed by atoms with E-state index in [0.717, 1.165) is 11.1 Å². The number of amides is 1. The maximum absolute atomic E-state index is 10.4. The Kier molecular flexibility index (Phi) is 3.68. The van der Waals surface area contributed by atoms with E-state index in [2.05, 4.69) is 0 Å². The quantitative estimate of drug-likeness (QED) is 0.571. The van der Waals surface area contributed by atoms with Crippen molar-refractivity contribution >= 4 is 11.5 Å². The monoisotopic (exact) mass is 187 g/mol. The van der Waals surface area contributed by atoms with Gasteiger partial charge in [0.25, 0.3) is 0 Å². The highest BCUT2D eigenvalue weighted by Crippen LogP contribution is 2.12. The molecule has 1 aromatic rings. The van der Waals surface area contributed by atoms with Gasteiger partial charge in [-0.2, -0.15) is 0 Å². The average Bonchev–Trinajstić information content (AvgIpc) is 2.18. The molecule has 0 atom stereocenters. The van der Waals surface area contributed by atoms with Gasteiger partial charge in [-0.05, 0) is 18.1 Å². The van der Waals surface area contributed by atoms with Crippen LogP contribution in [0, 0.1) is 0 Å². The number of nitrogens with two attached hydrogens (primary N) is 1. The molecule has 0 heterocycles. The third kappa shape index (κ3) is 3.27. The molecule has 1 aromatic carbocycles. The highest BCUT2D eigenvalue weighted by atomic mass is 16.1. The smallest absolute Gasteiger partial charge is 0.241 e. The second-order valence-electron chi connectivity index (χ2n) is 2.98. The summed E-state index contributed by atoms with van der Waals surface area (Å²) in [6.45, 7) is 1.99. The Labute approximate surface area is 83.7 Å². The number of primary amides is 1. The van der Waals surface area contributed by atoms with Crippen molar-refractivity contribution in [2.24, 2.45) is 5.73 Å². The van der Waals surface area contributed by atoms with E-state index in [1.807, 2.05) is 43.3 Å². The van der Waals surface area contributed by atoms with Crippen LogP contribution >= 0.6 is 0 Å². The number of allylic oxidation sites excluding steroid dienone is 3. The van der Waals surface area contributed by atoms with E-state index < -0.39 is 5.91 Å². The fourth-order valence-electron chi connectivity index (χ4n) is 1.08. The first-order valence-corrected chi connectivity index (χ1v) is 4.40. The van der Waals surface area contributed by atoms with Gasteiger partial charge in [0.15, 0.2) is 0 Å². The summed E-state index contributed by atoms with van der Waals surface area (Å²) in [6, 6.07) is 9.96. The number of hydrogen-bond acceptors (Lipinski definition) is 1. The van der Waals surface area contributed by atoms with Gasteiger partial charge >= 0.3 is 0 Å². The first-order chi connectivity index (χ1) is 6.70. The van der Waals surface area contributed by atoms with Crippen molar-refractivity contribution in [2.45, 2.75) is 6.92 Å². The van der Waals surface area contributed by atoms with Crippen LogP contribution in [0.2, 0.25) is 0 Å². The third-order valence-electron chi connectivity index (χ3n) is 1.84. The van der Waals surface area contributed by atoms with Crippen LogP contribution in [0.1, 0.15) is 12.5 Å². The summed E-state index contributed by atoms with van der Waals surface area (Å²) in [6.07, 6.45) is 4.86. The van der Waals surface area contributed by atoms with E-state index in [9.17, 15) is 4.79 Å². The molecule has 0 aromatic heterocycles. The highest BCUT2D eigenvalue weighted by molar-refractivity contribution is 5.86. The zero-order valence-electron chi connectivity index (χ0n) is 8.10. The lowest BCUT2D eigenvalue weighted by atomic mass is 10.1. The van der Waals surface area contributed by atoms with Gasteiger partial charge in [0.05, 0.1) is 0 Å². The van der Waals surface area contributed by atoms with Crippen molar-refractivity contribution in [3.05, 3.63) is 54.1 Å². The second-order valence-corrected chi connectivity index (χ2v) is 2.98. The Morgan fingerprint density at radius 3 is 2.50 bits per heavy atom. The third-order valence-corrected chi connectivity index (χ3v) is 1.84. The molecular formula is C12H13NO. The van der Waals surface area contributed by atoms with Crippen LogP contribution < -0.4 is 5.73 Å². The van der Waals surface area contributed by atoms with Crippen molar-refractivity contribution in [1.29, 1.82) is 0 Å². The van der Waals surface area contributed by atoms with E-state index in [0.29, 0.717) is 0 Å². The van der Waals surface area contributed by atoms with Crippen LogP contribution in [0.3, 0.4) is 0 Å². The van der Waals surface area contributed by atoms with Crippen LogP contribution in [0.4, 0.5) is 0 Å². The fraction of sp³-hybridized carbons (Fsp3) is 0.0833. The molecule has 2 heteroatoms. The summed E-state index contributed by atoms with van der Waals surface area (Å²) < 4.78 is 0. The molecule has 0 spiro atoms. The largest absolute Gasteiger partial charge is 0.366 e. The Morgan fingerprint density at radius 2 is 1.93 bits per heavy atom. The normalized spacial score (nSPS) is 11.9. The molecular weight excluding hydrogens is 174 g/mol. The van der Waals surface area contributed by atoms with Gasteiger partial charge in [-0.3, -0.25) is 4.79 Å². The molecule has 1 rings (SSSR count). The summed E-state index contributed by atoms with van der Waals surface area (Å²) in [5, 5.41) is 0. The van der Waals surface area contributed by atoms with Crippen molar-refractivity contribution in [1.82, 2.24) is 0 Å². The molecule has 0 unspecified atom stereocenters. The van der Waals surface area contributed by atoms with Gasteiger partial charge in [-0.25, -0.2) is 0 Å². The van der Waals surface area contributed by atoms with Gasteiger partial charge < -0.3 is 5.73 Å². The lowest BCUT2D eigenvalue weighted by molar-refractivity contribution is -0.113. The molecule has 0 bridgehead atoms. The molecule has 0 aliphatic carbocycles. The minimum atomic E-state index is -0.429. The Balaban J connectivity index is 2.75. The average molecular weight is 187 g/mol. The summed E-state index contributed by atoms with van der Waals surface area (Å²) in [7, 11) is 0. The van der Waals surface area contributed by atoms with Crippen LogP contribution in [-0.4, -0.2) is 5.91 Å². The van der Waals surface area contributed by atoms with Crippen LogP contribution in [-0.2, 0) is 4.79 Å². The molecule has 0 radical (unpaired) electrons. The predicted molar refractivity (Wildman–Crippen MR) is 58.4 cm³/mol. The minimum absolute atomic E-state index is 0.429. The van der Waals surface area contributed by atoms with Crippen LogP contribution in [0.15, 0.2) is 48.6 Å². The SMILES string of the molecule is CC(=CC=CC(N)=O)c1ccccc1.